The summed E-state index contributed by atoms with van der Waals surface area (Å²) in [5.41, 5.74) is 2.28. The van der Waals surface area contributed by atoms with Gasteiger partial charge in [0.1, 0.15) is 0 Å². The zero-order valence-corrected chi connectivity index (χ0v) is 11.1. The van der Waals surface area contributed by atoms with Crippen LogP contribution in [0.2, 0.25) is 0 Å². The highest BCUT2D eigenvalue weighted by molar-refractivity contribution is 6.09. The fourth-order valence-corrected chi connectivity index (χ4v) is 1.97. The van der Waals surface area contributed by atoms with E-state index in [1.807, 2.05) is 37.3 Å². The van der Waals surface area contributed by atoms with Crippen molar-refractivity contribution in [2.45, 2.75) is 18.6 Å². The number of hydrogen-bond donors (Lipinski definition) is 2. The molecule has 0 aliphatic carbocycles. The molecule has 2 N–H and O–H groups in total. The lowest BCUT2D eigenvalue weighted by atomic mass is 10.1. The summed E-state index contributed by atoms with van der Waals surface area (Å²) in [6, 6.07) is 9.35. The number of likely N-dealkylation sites (N-methyl/N-ethyl adjacent to an activating group) is 1. The molecule has 1 aliphatic heterocycles. The lowest BCUT2D eigenvalue weighted by molar-refractivity contribution is -0.149. The lowest BCUT2D eigenvalue weighted by Crippen LogP contribution is -2.48. The summed E-state index contributed by atoms with van der Waals surface area (Å²) in [5, 5.41) is 4.22. The van der Waals surface area contributed by atoms with Gasteiger partial charge in [-0.05, 0) is 12.5 Å². The van der Waals surface area contributed by atoms with Crippen molar-refractivity contribution >= 4 is 11.9 Å². The van der Waals surface area contributed by atoms with Gasteiger partial charge < -0.3 is 10.1 Å². The fraction of sp³-hybridized carbons (Fsp3) is 0.385. The van der Waals surface area contributed by atoms with Crippen LogP contribution >= 0.6 is 0 Å². The highest BCUT2D eigenvalue weighted by Crippen LogP contribution is 2.25. The number of benzene rings is 1. The molecule has 1 amide bonds. The molecule has 0 radical (unpaired) electrons. The molecule has 2 unspecified atom stereocenters. The Kier molecular flexibility index (Phi) is 3.55. The third-order valence-corrected chi connectivity index (χ3v) is 3.24. The van der Waals surface area contributed by atoms with Crippen molar-refractivity contribution in [1.29, 1.82) is 0 Å². The first-order valence-electron chi connectivity index (χ1n) is 5.98. The number of esters is 1. The van der Waals surface area contributed by atoms with E-state index in [1.54, 1.807) is 7.05 Å². The van der Waals surface area contributed by atoms with Gasteiger partial charge in [0.25, 0.3) is 11.6 Å². The summed E-state index contributed by atoms with van der Waals surface area (Å²) in [6.07, 6.45) is 0. The topological polar surface area (TPSA) is 80.4 Å². The van der Waals surface area contributed by atoms with Crippen LogP contribution in [0.3, 0.4) is 0 Å². The summed E-state index contributed by atoms with van der Waals surface area (Å²) in [5.74, 6) is -1.04. The molecular formula is C13H17N3O3. The summed E-state index contributed by atoms with van der Waals surface area (Å²) in [4.78, 5) is 23.9. The highest BCUT2D eigenvalue weighted by atomic mass is 16.5. The molecule has 0 aromatic heterocycles. The first kappa shape index (κ1) is 13.5. The van der Waals surface area contributed by atoms with Gasteiger partial charge in [-0.3, -0.25) is 4.79 Å². The molecule has 1 heterocycles. The van der Waals surface area contributed by atoms with Gasteiger partial charge in [0.15, 0.2) is 0 Å². The number of carbonyl (C=O) groups is 2. The Balaban J connectivity index is 2.08. The minimum atomic E-state index is -1.39. The van der Waals surface area contributed by atoms with Crippen LogP contribution in [-0.2, 0) is 14.3 Å². The summed E-state index contributed by atoms with van der Waals surface area (Å²) in [6.45, 7) is 1.86. The highest BCUT2D eigenvalue weighted by Gasteiger charge is 2.64. The van der Waals surface area contributed by atoms with Crippen molar-refractivity contribution < 1.29 is 14.3 Å². The van der Waals surface area contributed by atoms with Crippen molar-refractivity contribution in [3.05, 3.63) is 35.9 Å². The second kappa shape index (κ2) is 4.99. The number of ether oxygens (including phenoxy) is 1. The van der Waals surface area contributed by atoms with Gasteiger partial charge in [-0.25, -0.2) is 15.2 Å². The van der Waals surface area contributed by atoms with Crippen LogP contribution in [0.15, 0.2) is 30.3 Å². The predicted octanol–water partition coefficient (Wildman–Crippen LogP) is 0.183. The number of nitrogens with zero attached hydrogens (tertiary/aromatic N) is 1. The maximum atomic E-state index is 12.2. The van der Waals surface area contributed by atoms with E-state index >= 15 is 0 Å². The molecular weight excluding hydrogens is 246 g/mol. The molecule has 2 rings (SSSR count). The van der Waals surface area contributed by atoms with Crippen LogP contribution in [-0.4, -0.2) is 36.7 Å². The number of rotatable bonds is 4. The Bertz CT molecular complexity index is 491. The number of hydrazine groups is 1. The largest absolute Gasteiger partial charge is 0.466 e. The van der Waals surface area contributed by atoms with Crippen molar-refractivity contribution in [3.63, 3.8) is 0 Å². The van der Waals surface area contributed by atoms with Gasteiger partial charge in [-0.1, -0.05) is 30.3 Å². The van der Waals surface area contributed by atoms with Crippen molar-refractivity contribution in [1.82, 2.24) is 15.8 Å². The number of nitrogens with one attached hydrogen (secondary N) is 2. The predicted molar refractivity (Wildman–Crippen MR) is 68.6 cm³/mol. The Morgan fingerprint density at radius 1 is 1.37 bits per heavy atom. The Morgan fingerprint density at radius 3 is 2.42 bits per heavy atom. The van der Waals surface area contributed by atoms with Crippen LogP contribution in [0, 0.1) is 0 Å². The summed E-state index contributed by atoms with van der Waals surface area (Å²) < 4.78 is 4.65. The summed E-state index contributed by atoms with van der Waals surface area (Å²) in [7, 11) is 2.87. The molecule has 0 spiro atoms. The molecule has 0 bridgehead atoms. The van der Waals surface area contributed by atoms with Crippen LogP contribution in [0.4, 0.5) is 0 Å². The molecule has 19 heavy (non-hydrogen) atoms. The van der Waals surface area contributed by atoms with Crippen molar-refractivity contribution in [3.8, 4) is 0 Å². The molecule has 1 aliphatic rings. The van der Waals surface area contributed by atoms with E-state index < -0.39 is 17.5 Å². The Hall–Kier alpha value is -1.92. The third kappa shape index (κ3) is 2.32. The van der Waals surface area contributed by atoms with Gasteiger partial charge in [0, 0.05) is 7.05 Å². The number of amides is 1. The molecule has 1 saturated heterocycles. The Morgan fingerprint density at radius 2 is 1.95 bits per heavy atom. The molecule has 6 heteroatoms. The summed E-state index contributed by atoms with van der Waals surface area (Å²) >= 11 is 0. The normalized spacial score (nSPS) is 26.4. The van der Waals surface area contributed by atoms with Gasteiger partial charge in [-0.15, -0.1) is 0 Å². The van der Waals surface area contributed by atoms with Crippen molar-refractivity contribution in [2.75, 3.05) is 14.2 Å². The molecule has 1 aromatic rings. The monoisotopic (exact) mass is 263 g/mol. The van der Waals surface area contributed by atoms with Crippen LogP contribution in [0.5, 0.6) is 0 Å². The second-order valence-corrected chi connectivity index (χ2v) is 4.48. The van der Waals surface area contributed by atoms with E-state index in [0.29, 0.717) is 0 Å². The van der Waals surface area contributed by atoms with Gasteiger partial charge >= 0.3 is 5.97 Å². The van der Waals surface area contributed by atoms with E-state index in [4.69, 9.17) is 0 Å². The first-order chi connectivity index (χ1) is 9.02. The molecule has 0 saturated carbocycles. The van der Waals surface area contributed by atoms with Crippen LogP contribution in [0.1, 0.15) is 18.5 Å². The zero-order valence-electron chi connectivity index (χ0n) is 11.1. The lowest BCUT2D eigenvalue weighted by Gasteiger charge is -2.17. The third-order valence-electron chi connectivity index (χ3n) is 3.24. The van der Waals surface area contributed by atoms with E-state index in [2.05, 4.69) is 15.5 Å². The van der Waals surface area contributed by atoms with E-state index in [-0.39, 0.29) is 6.04 Å². The molecule has 3 atom stereocenters. The zero-order chi connectivity index (χ0) is 14.0. The van der Waals surface area contributed by atoms with E-state index in [1.165, 1.54) is 12.1 Å². The maximum Gasteiger partial charge on any atom is 0.354 e. The number of methoxy groups -OCH3 is 1. The SMILES string of the molecule is COC(=O)C1(C(=O)N[C@H](C)c2ccccc2)NN1C. The van der Waals surface area contributed by atoms with E-state index in [0.717, 1.165) is 5.56 Å². The van der Waals surface area contributed by atoms with Crippen LogP contribution < -0.4 is 10.7 Å². The maximum absolute atomic E-state index is 12.2. The van der Waals surface area contributed by atoms with E-state index in [9.17, 15) is 9.59 Å². The standard InChI is InChI=1S/C13H17N3O3/c1-9(10-7-5-4-6-8-10)14-11(17)13(12(18)19-3)15-16(13)2/h4-9,15H,1-3H3,(H,14,17)/t9-,13?,16?/m1/s1. The quantitative estimate of drug-likeness (QED) is 0.460. The molecule has 6 nitrogen and oxygen atoms in total. The van der Waals surface area contributed by atoms with Crippen molar-refractivity contribution in [2.24, 2.45) is 0 Å². The smallest absolute Gasteiger partial charge is 0.354 e. The van der Waals surface area contributed by atoms with Crippen LogP contribution in [0.25, 0.3) is 0 Å². The van der Waals surface area contributed by atoms with Gasteiger partial charge in [0.05, 0.1) is 13.2 Å². The number of carbonyl (C=O) groups excluding carboxylic acids is 2. The Labute approximate surface area is 111 Å². The first-order valence-corrected chi connectivity index (χ1v) is 5.98. The average molecular weight is 263 g/mol. The molecule has 1 fully saturated rings. The van der Waals surface area contributed by atoms with Gasteiger partial charge in [0.2, 0.25) is 0 Å². The average Bonchev–Trinajstić information content (AvgIpc) is 3.11. The molecule has 102 valence electrons. The second-order valence-electron chi connectivity index (χ2n) is 4.48. The molecule has 1 aromatic carbocycles. The van der Waals surface area contributed by atoms with Gasteiger partial charge in [-0.2, -0.15) is 0 Å². The fourth-order valence-electron chi connectivity index (χ4n) is 1.97. The minimum Gasteiger partial charge on any atom is -0.466 e. The number of hydrogen-bond acceptors (Lipinski definition) is 5. The minimum absolute atomic E-state index is 0.189.